The third-order valence-electron chi connectivity index (χ3n) is 5.25. The molecule has 0 aromatic carbocycles. The van der Waals surface area contributed by atoms with Gasteiger partial charge in [0.25, 0.3) is 0 Å². The molecule has 1 saturated heterocycles. The van der Waals surface area contributed by atoms with Crippen LogP contribution in [0.3, 0.4) is 0 Å². The molecule has 1 aromatic heterocycles. The molecule has 0 spiro atoms. The van der Waals surface area contributed by atoms with Gasteiger partial charge in [-0.2, -0.15) is 5.10 Å². The number of hydrogen-bond acceptors (Lipinski definition) is 3. The number of aromatic amines is 1. The van der Waals surface area contributed by atoms with Crippen LogP contribution in [0.2, 0.25) is 0 Å². The first-order valence-corrected chi connectivity index (χ1v) is 9.01. The van der Waals surface area contributed by atoms with Crippen molar-refractivity contribution < 1.29 is 4.79 Å². The summed E-state index contributed by atoms with van der Waals surface area (Å²) in [6.45, 7) is 4.30. The normalized spacial score (nSPS) is 25.0. The number of carbonyl (C=O) groups excluding carboxylic acids is 1. The number of piperidine rings is 1. The van der Waals surface area contributed by atoms with Crippen LogP contribution >= 0.6 is 12.2 Å². The van der Waals surface area contributed by atoms with Gasteiger partial charge >= 0.3 is 0 Å². The van der Waals surface area contributed by atoms with E-state index in [4.69, 9.17) is 12.2 Å². The smallest absolute Gasteiger partial charge is 0.242 e. The Labute approximate surface area is 137 Å². The molecular weight excluding hydrogens is 296 g/mol. The Hall–Kier alpha value is -1.17. The average Bonchev–Trinajstić information content (AvgIpc) is 2.88. The largest absolute Gasteiger partial charge is 0.341 e. The lowest BCUT2D eigenvalue weighted by atomic mass is 9.75. The van der Waals surface area contributed by atoms with Crippen LogP contribution in [0.25, 0.3) is 0 Å². The SMILES string of the molecule is CCCc1n[nH]c(=S)n1CC(=O)N1CC[C@@H]2CCCC[C@@H]2C1. The van der Waals surface area contributed by atoms with E-state index >= 15 is 0 Å². The number of aryl methyl sites for hydroxylation is 1. The van der Waals surface area contributed by atoms with E-state index in [2.05, 4.69) is 22.0 Å². The van der Waals surface area contributed by atoms with Crippen molar-refractivity contribution >= 4 is 18.1 Å². The van der Waals surface area contributed by atoms with E-state index in [0.717, 1.165) is 43.6 Å². The highest BCUT2D eigenvalue weighted by atomic mass is 32.1. The molecule has 1 aliphatic heterocycles. The van der Waals surface area contributed by atoms with E-state index in [-0.39, 0.29) is 5.91 Å². The number of hydrogen-bond donors (Lipinski definition) is 1. The molecule has 1 aromatic rings. The van der Waals surface area contributed by atoms with Gasteiger partial charge in [-0.3, -0.25) is 14.5 Å². The number of nitrogens with one attached hydrogen (secondary N) is 1. The van der Waals surface area contributed by atoms with Crippen LogP contribution in [0, 0.1) is 16.6 Å². The van der Waals surface area contributed by atoms with Crippen molar-refractivity contribution in [3.05, 3.63) is 10.6 Å². The fourth-order valence-corrected chi connectivity index (χ4v) is 4.21. The minimum atomic E-state index is 0.193. The zero-order valence-electron chi connectivity index (χ0n) is 13.4. The van der Waals surface area contributed by atoms with Gasteiger partial charge in [0.15, 0.2) is 4.77 Å². The molecule has 1 amide bonds. The molecule has 3 rings (SSSR count). The van der Waals surface area contributed by atoms with Crippen molar-refractivity contribution in [3.8, 4) is 0 Å². The fourth-order valence-electron chi connectivity index (χ4n) is 3.99. The Morgan fingerprint density at radius 3 is 2.86 bits per heavy atom. The Kier molecular flexibility index (Phi) is 4.96. The molecular formula is C16H26N4OS. The summed E-state index contributed by atoms with van der Waals surface area (Å²) in [5.41, 5.74) is 0. The highest BCUT2D eigenvalue weighted by Crippen LogP contribution is 2.36. The predicted molar refractivity (Wildman–Crippen MR) is 88.1 cm³/mol. The van der Waals surface area contributed by atoms with Gasteiger partial charge in [-0.25, -0.2) is 0 Å². The molecule has 2 atom stereocenters. The van der Waals surface area contributed by atoms with Gasteiger partial charge in [0, 0.05) is 19.5 Å². The second-order valence-electron chi connectivity index (χ2n) is 6.71. The van der Waals surface area contributed by atoms with E-state index in [1.165, 1.54) is 32.1 Å². The van der Waals surface area contributed by atoms with Crippen molar-refractivity contribution in [1.82, 2.24) is 19.7 Å². The third kappa shape index (κ3) is 3.26. The van der Waals surface area contributed by atoms with E-state index < -0.39 is 0 Å². The Bertz CT molecular complexity index is 579. The third-order valence-corrected chi connectivity index (χ3v) is 5.56. The van der Waals surface area contributed by atoms with Crippen LogP contribution in [-0.2, 0) is 17.8 Å². The first-order valence-electron chi connectivity index (χ1n) is 8.61. The van der Waals surface area contributed by atoms with Gasteiger partial charge < -0.3 is 4.90 Å². The van der Waals surface area contributed by atoms with Crippen LogP contribution in [-0.4, -0.2) is 38.7 Å². The number of carbonyl (C=O) groups is 1. The van der Waals surface area contributed by atoms with Crippen molar-refractivity contribution in [1.29, 1.82) is 0 Å². The van der Waals surface area contributed by atoms with Crippen molar-refractivity contribution in [2.45, 2.75) is 58.4 Å². The van der Waals surface area contributed by atoms with E-state index in [9.17, 15) is 4.79 Å². The van der Waals surface area contributed by atoms with Crippen LogP contribution in [0.15, 0.2) is 0 Å². The molecule has 2 heterocycles. The average molecular weight is 322 g/mol. The summed E-state index contributed by atoms with van der Waals surface area (Å²) in [6, 6.07) is 0. The topological polar surface area (TPSA) is 53.9 Å². The summed E-state index contributed by atoms with van der Waals surface area (Å²) in [5, 5.41) is 7.06. The van der Waals surface area contributed by atoms with Gasteiger partial charge in [-0.05, 0) is 43.3 Å². The van der Waals surface area contributed by atoms with Crippen molar-refractivity contribution in [2.75, 3.05) is 13.1 Å². The Morgan fingerprint density at radius 2 is 2.09 bits per heavy atom. The molecule has 5 nitrogen and oxygen atoms in total. The number of aromatic nitrogens is 3. The Balaban J connectivity index is 1.65. The van der Waals surface area contributed by atoms with E-state index in [0.29, 0.717) is 11.3 Å². The number of amides is 1. The predicted octanol–water partition coefficient (Wildman–Crippen LogP) is 2.93. The van der Waals surface area contributed by atoms with Gasteiger partial charge in [0.1, 0.15) is 12.4 Å². The quantitative estimate of drug-likeness (QED) is 0.867. The number of nitrogens with zero attached hydrogens (tertiary/aromatic N) is 3. The first kappa shape index (κ1) is 15.7. The molecule has 1 N–H and O–H groups in total. The summed E-state index contributed by atoms with van der Waals surface area (Å²) in [7, 11) is 0. The second kappa shape index (κ2) is 6.94. The summed E-state index contributed by atoms with van der Waals surface area (Å²) in [6.07, 6.45) is 8.39. The number of H-pyrrole nitrogens is 1. The molecule has 0 unspecified atom stereocenters. The highest BCUT2D eigenvalue weighted by Gasteiger charge is 2.33. The molecule has 122 valence electrons. The molecule has 2 fully saturated rings. The summed E-state index contributed by atoms with van der Waals surface area (Å²) < 4.78 is 2.43. The molecule has 0 bridgehead atoms. The molecule has 1 saturated carbocycles. The summed E-state index contributed by atoms with van der Waals surface area (Å²) in [5.74, 6) is 2.66. The number of rotatable bonds is 4. The molecule has 6 heteroatoms. The zero-order chi connectivity index (χ0) is 15.5. The number of fused-ring (bicyclic) bond motifs is 1. The molecule has 22 heavy (non-hydrogen) atoms. The Morgan fingerprint density at radius 1 is 1.32 bits per heavy atom. The first-order chi connectivity index (χ1) is 10.7. The standard InChI is InChI=1S/C16H26N4OS/c1-2-5-14-17-18-16(22)20(14)11-15(21)19-9-8-12-6-3-4-7-13(12)10-19/h12-13H,2-11H2,1H3,(H,18,22)/t12-,13+/m0/s1. The maximum Gasteiger partial charge on any atom is 0.242 e. The van der Waals surface area contributed by atoms with Gasteiger partial charge in [-0.15, -0.1) is 0 Å². The lowest BCUT2D eigenvalue weighted by molar-refractivity contribution is -0.135. The van der Waals surface area contributed by atoms with Crippen LogP contribution in [0.5, 0.6) is 0 Å². The second-order valence-corrected chi connectivity index (χ2v) is 7.10. The highest BCUT2D eigenvalue weighted by molar-refractivity contribution is 7.71. The van der Waals surface area contributed by atoms with E-state index in [1.54, 1.807) is 0 Å². The molecule has 2 aliphatic rings. The summed E-state index contributed by atoms with van der Waals surface area (Å²) in [4.78, 5) is 14.7. The van der Waals surface area contributed by atoms with Gasteiger partial charge in [0.05, 0.1) is 0 Å². The lowest BCUT2D eigenvalue weighted by Crippen LogP contribution is -2.46. The fraction of sp³-hybridized carbons (Fsp3) is 0.812. The van der Waals surface area contributed by atoms with Crippen molar-refractivity contribution in [3.63, 3.8) is 0 Å². The molecule has 0 radical (unpaired) electrons. The maximum absolute atomic E-state index is 12.7. The molecule has 1 aliphatic carbocycles. The monoisotopic (exact) mass is 322 g/mol. The van der Waals surface area contributed by atoms with Crippen LogP contribution < -0.4 is 0 Å². The van der Waals surface area contributed by atoms with Gasteiger partial charge in [-0.1, -0.05) is 26.2 Å². The minimum absolute atomic E-state index is 0.193. The maximum atomic E-state index is 12.7. The number of likely N-dealkylation sites (tertiary alicyclic amines) is 1. The van der Waals surface area contributed by atoms with Gasteiger partial charge in [0.2, 0.25) is 5.91 Å². The van der Waals surface area contributed by atoms with E-state index in [1.807, 2.05) is 4.57 Å². The van der Waals surface area contributed by atoms with Crippen LogP contribution in [0.1, 0.15) is 51.3 Å². The van der Waals surface area contributed by atoms with Crippen molar-refractivity contribution in [2.24, 2.45) is 11.8 Å². The van der Waals surface area contributed by atoms with Crippen LogP contribution in [0.4, 0.5) is 0 Å². The lowest BCUT2D eigenvalue weighted by Gasteiger charge is -2.41. The minimum Gasteiger partial charge on any atom is -0.341 e. The zero-order valence-corrected chi connectivity index (χ0v) is 14.2. The summed E-state index contributed by atoms with van der Waals surface area (Å²) >= 11 is 5.27.